The number of nitrogens with zero attached hydrogens (tertiary/aromatic N) is 2. The molecule has 1 N–H and O–H groups in total. The molecule has 0 aliphatic rings. The number of nitrogens with one attached hydrogen (secondary N) is 1. The van der Waals surface area contributed by atoms with E-state index in [9.17, 15) is 4.79 Å². The second-order valence-electron chi connectivity index (χ2n) is 7.07. The van der Waals surface area contributed by atoms with Crippen LogP contribution in [0.25, 0.3) is 22.4 Å². The molecule has 1 amide bonds. The number of benzene rings is 3. The van der Waals surface area contributed by atoms with Gasteiger partial charge in [-0.2, -0.15) is 0 Å². The van der Waals surface area contributed by atoms with Crippen molar-refractivity contribution in [2.45, 2.75) is 11.4 Å². The van der Waals surface area contributed by atoms with Crippen molar-refractivity contribution in [3.8, 4) is 22.4 Å². The van der Waals surface area contributed by atoms with E-state index in [0.717, 1.165) is 22.7 Å². The second-order valence-corrected chi connectivity index (χ2v) is 8.07. The number of hydrogen-bond acceptors (Lipinski definition) is 4. The van der Waals surface area contributed by atoms with Crippen LogP contribution in [-0.4, -0.2) is 28.4 Å². The van der Waals surface area contributed by atoms with Crippen LogP contribution >= 0.6 is 11.8 Å². The summed E-state index contributed by atoms with van der Waals surface area (Å²) in [6.45, 7) is 0.632. The zero-order valence-corrected chi connectivity index (χ0v) is 17.9. The first kappa shape index (κ1) is 20.8. The minimum atomic E-state index is 0.00306. The number of thioether (sulfide) groups is 1. The molecule has 0 fully saturated rings. The van der Waals surface area contributed by atoms with Crippen LogP contribution < -0.4 is 5.32 Å². The monoisotopic (exact) mass is 425 g/mol. The van der Waals surface area contributed by atoms with Gasteiger partial charge in [0.15, 0.2) is 0 Å². The van der Waals surface area contributed by atoms with Crippen molar-refractivity contribution in [1.82, 2.24) is 15.5 Å². The van der Waals surface area contributed by atoms with E-state index in [0.29, 0.717) is 12.3 Å². The highest BCUT2D eigenvalue weighted by Gasteiger charge is 2.06. The van der Waals surface area contributed by atoms with Crippen molar-refractivity contribution in [3.05, 3.63) is 103 Å². The molecule has 0 radical (unpaired) electrons. The van der Waals surface area contributed by atoms with Gasteiger partial charge in [-0.1, -0.05) is 96.7 Å². The molecule has 0 aliphatic carbocycles. The SMILES string of the molecule is O=C(CSc1ccc(-c2ccc(-c3ccccc3)cc2)nn1)NCCc1ccccc1. The quantitative estimate of drug-likeness (QED) is 0.391. The molecule has 0 atom stereocenters. The number of carbonyl (C=O) groups is 1. The number of carbonyl (C=O) groups excluding carboxylic acids is 1. The highest BCUT2D eigenvalue weighted by atomic mass is 32.2. The summed E-state index contributed by atoms with van der Waals surface area (Å²) in [4.78, 5) is 12.1. The lowest BCUT2D eigenvalue weighted by atomic mass is 10.0. The Labute approximate surface area is 186 Å². The Morgan fingerprint density at radius 1 is 0.710 bits per heavy atom. The lowest BCUT2D eigenvalue weighted by Crippen LogP contribution is -2.27. The molecule has 31 heavy (non-hydrogen) atoms. The van der Waals surface area contributed by atoms with Gasteiger partial charge in [-0.05, 0) is 35.2 Å². The fraction of sp³-hybridized carbons (Fsp3) is 0.115. The van der Waals surface area contributed by atoms with Crippen LogP contribution in [0.3, 0.4) is 0 Å². The maximum Gasteiger partial charge on any atom is 0.230 e. The molecule has 3 aromatic carbocycles. The van der Waals surface area contributed by atoms with Crippen LogP contribution in [0, 0.1) is 0 Å². The lowest BCUT2D eigenvalue weighted by Gasteiger charge is -2.06. The third-order valence-corrected chi connectivity index (χ3v) is 5.78. The van der Waals surface area contributed by atoms with Gasteiger partial charge in [0.05, 0.1) is 11.4 Å². The largest absolute Gasteiger partial charge is 0.355 e. The molecule has 4 aromatic rings. The summed E-state index contributed by atoms with van der Waals surface area (Å²) in [6, 6.07) is 32.6. The van der Waals surface area contributed by atoms with Crippen LogP contribution in [0.1, 0.15) is 5.56 Å². The van der Waals surface area contributed by atoms with E-state index in [-0.39, 0.29) is 5.91 Å². The standard InChI is InChI=1S/C26H23N3OS/c30-25(27-18-17-20-7-3-1-4-8-20)19-31-26-16-15-24(28-29-26)23-13-11-22(12-14-23)21-9-5-2-6-10-21/h1-16H,17-19H2,(H,27,30). The molecule has 0 saturated heterocycles. The maximum absolute atomic E-state index is 12.1. The number of aromatic nitrogens is 2. The van der Waals surface area contributed by atoms with Crippen LogP contribution in [0.2, 0.25) is 0 Å². The Hall–Kier alpha value is -3.44. The van der Waals surface area contributed by atoms with Crippen molar-refractivity contribution in [3.63, 3.8) is 0 Å². The van der Waals surface area contributed by atoms with Gasteiger partial charge in [0, 0.05) is 12.1 Å². The minimum Gasteiger partial charge on any atom is -0.355 e. The highest BCUT2D eigenvalue weighted by molar-refractivity contribution is 7.99. The molecule has 154 valence electrons. The Balaban J connectivity index is 1.26. The Morgan fingerprint density at radius 3 is 2.03 bits per heavy atom. The summed E-state index contributed by atoms with van der Waals surface area (Å²) in [5, 5.41) is 12.3. The van der Waals surface area contributed by atoms with Crippen molar-refractivity contribution in [2.75, 3.05) is 12.3 Å². The third kappa shape index (κ3) is 6.03. The number of rotatable bonds is 8. The van der Waals surface area contributed by atoms with Crippen LogP contribution in [0.15, 0.2) is 102 Å². The average molecular weight is 426 g/mol. The third-order valence-electron chi connectivity index (χ3n) is 4.86. The second kappa shape index (κ2) is 10.5. The molecular weight excluding hydrogens is 402 g/mol. The highest BCUT2D eigenvalue weighted by Crippen LogP contribution is 2.24. The van der Waals surface area contributed by atoms with Crippen LogP contribution in [0.4, 0.5) is 0 Å². The van der Waals surface area contributed by atoms with E-state index in [1.807, 2.05) is 48.5 Å². The fourth-order valence-electron chi connectivity index (χ4n) is 3.20. The summed E-state index contributed by atoms with van der Waals surface area (Å²) in [5.41, 5.74) is 5.41. The first-order chi connectivity index (χ1) is 15.3. The van der Waals surface area contributed by atoms with E-state index in [4.69, 9.17) is 0 Å². The van der Waals surface area contributed by atoms with Gasteiger partial charge in [0.2, 0.25) is 5.91 Å². The molecule has 0 saturated carbocycles. The van der Waals surface area contributed by atoms with E-state index in [2.05, 4.69) is 64.0 Å². The first-order valence-corrected chi connectivity index (χ1v) is 11.2. The molecule has 4 nitrogen and oxygen atoms in total. The van der Waals surface area contributed by atoms with Crippen molar-refractivity contribution < 1.29 is 4.79 Å². The Kier molecular flexibility index (Phi) is 7.08. The van der Waals surface area contributed by atoms with E-state index in [1.54, 1.807) is 0 Å². The van der Waals surface area contributed by atoms with Crippen molar-refractivity contribution >= 4 is 17.7 Å². The van der Waals surface area contributed by atoms with E-state index < -0.39 is 0 Å². The topological polar surface area (TPSA) is 54.9 Å². The Morgan fingerprint density at radius 2 is 1.35 bits per heavy atom. The molecule has 0 aliphatic heterocycles. The summed E-state index contributed by atoms with van der Waals surface area (Å²) in [6.07, 6.45) is 0.828. The van der Waals surface area contributed by atoms with Crippen LogP contribution in [0.5, 0.6) is 0 Å². The molecular formula is C26H23N3OS. The summed E-state index contributed by atoms with van der Waals surface area (Å²) in [7, 11) is 0. The molecule has 0 unspecified atom stereocenters. The van der Waals surface area contributed by atoms with E-state index in [1.165, 1.54) is 28.5 Å². The average Bonchev–Trinajstić information content (AvgIpc) is 2.84. The molecule has 5 heteroatoms. The first-order valence-electron chi connectivity index (χ1n) is 10.2. The number of hydrogen-bond donors (Lipinski definition) is 1. The van der Waals surface area contributed by atoms with Gasteiger partial charge in [0.1, 0.15) is 5.03 Å². The summed E-state index contributed by atoms with van der Waals surface area (Å²) < 4.78 is 0. The molecule has 0 spiro atoms. The van der Waals surface area contributed by atoms with Gasteiger partial charge in [0.25, 0.3) is 0 Å². The van der Waals surface area contributed by atoms with E-state index >= 15 is 0 Å². The predicted octanol–water partition coefficient (Wildman–Crippen LogP) is 5.26. The molecule has 1 aromatic heterocycles. The number of amides is 1. The molecule has 1 heterocycles. The van der Waals surface area contributed by atoms with Gasteiger partial charge in [-0.3, -0.25) is 4.79 Å². The smallest absolute Gasteiger partial charge is 0.230 e. The zero-order chi connectivity index (χ0) is 21.3. The van der Waals surface area contributed by atoms with Crippen molar-refractivity contribution in [2.24, 2.45) is 0 Å². The molecule has 0 bridgehead atoms. The van der Waals surface area contributed by atoms with Gasteiger partial charge in [-0.25, -0.2) is 0 Å². The zero-order valence-electron chi connectivity index (χ0n) is 17.1. The predicted molar refractivity (Wildman–Crippen MR) is 127 cm³/mol. The normalized spacial score (nSPS) is 10.6. The summed E-state index contributed by atoms with van der Waals surface area (Å²) in [5.74, 6) is 0.331. The maximum atomic E-state index is 12.1. The Bertz CT molecular complexity index is 1100. The molecule has 4 rings (SSSR count). The fourth-order valence-corrected chi connectivity index (χ4v) is 3.84. The van der Waals surface area contributed by atoms with Gasteiger partial charge < -0.3 is 5.32 Å². The lowest BCUT2D eigenvalue weighted by molar-refractivity contribution is -0.118. The minimum absolute atomic E-state index is 0.00306. The van der Waals surface area contributed by atoms with Crippen molar-refractivity contribution in [1.29, 1.82) is 0 Å². The van der Waals surface area contributed by atoms with Crippen LogP contribution in [-0.2, 0) is 11.2 Å². The summed E-state index contributed by atoms with van der Waals surface area (Å²) >= 11 is 1.39. The van der Waals surface area contributed by atoms with Gasteiger partial charge in [-0.15, -0.1) is 10.2 Å². The van der Waals surface area contributed by atoms with Gasteiger partial charge >= 0.3 is 0 Å².